The minimum Gasteiger partial charge on any atom is -0.488 e. The summed E-state index contributed by atoms with van der Waals surface area (Å²) in [7, 11) is 1.96. The molecule has 0 aromatic heterocycles. The first-order chi connectivity index (χ1) is 9.79. The number of rotatable bonds is 3. The molecule has 0 spiro atoms. The van der Waals surface area contributed by atoms with Gasteiger partial charge in [-0.25, -0.2) is 0 Å². The maximum Gasteiger partial charge on any atom is 0.130 e. The van der Waals surface area contributed by atoms with Crippen LogP contribution in [0.3, 0.4) is 0 Å². The molecule has 21 heavy (non-hydrogen) atoms. The molecular weight excluding hydrogens is 305 g/mol. The second-order valence-corrected chi connectivity index (χ2v) is 5.52. The number of benzene rings is 2. The molecule has 0 radical (unpaired) electrons. The van der Waals surface area contributed by atoms with Crippen LogP contribution in [0, 0.1) is 0 Å². The zero-order valence-corrected chi connectivity index (χ0v) is 13.5. The molecule has 0 unspecified atom stereocenters. The van der Waals surface area contributed by atoms with E-state index in [2.05, 4.69) is 23.5 Å². The zero-order valence-electron chi connectivity index (χ0n) is 11.9. The van der Waals surface area contributed by atoms with E-state index in [0.29, 0.717) is 0 Å². The Hall–Kier alpha value is -1.22. The molecule has 0 saturated heterocycles. The van der Waals surface area contributed by atoms with Crippen LogP contribution in [0.2, 0.25) is 5.02 Å². The van der Waals surface area contributed by atoms with Gasteiger partial charge in [0, 0.05) is 22.7 Å². The molecule has 1 aliphatic heterocycles. The van der Waals surface area contributed by atoms with E-state index in [0.717, 1.165) is 41.3 Å². The normalized spacial score (nSPS) is 16.6. The van der Waals surface area contributed by atoms with Crippen molar-refractivity contribution >= 4 is 24.0 Å². The van der Waals surface area contributed by atoms with Crippen LogP contribution in [0.25, 0.3) is 11.1 Å². The molecule has 1 aliphatic rings. The molecule has 0 amide bonds. The molecular formula is C17H19Cl2NO. The van der Waals surface area contributed by atoms with E-state index in [1.807, 2.05) is 31.3 Å². The van der Waals surface area contributed by atoms with Crippen LogP contribution in [0.4, 0.5) is 0 Å². The molecule has 4 heteroatoms. The van der Waals surface area contributed by atoms with Crippen molar-refractivity contribution in [3.63, 3.8) is 0 Å². The first-order valence-corrected chi connectivity index (χ1v) is 7.35. The number of halogens is 2. The van der Waals surface area contributed by atoms with Crippen molar-refractivity contribution in [3.05, 3.63) is 53.1 Å². The summed E-state index contributed by atoms with van der Waals surface area (Å²) in [6.45, 7) is 0.871. The molecule has 112 valence electrons. The average molecular weight is 324 g/mol. The minimum atomic E-state index is 0. The van der Waals surface area contributed by atoms with Crippen LogP contribution in [-0.2, 0) is 6.42 Å². The number of hydrogen-bond acceptors (Lipinski definition) is 2. The van der Waals surface area contributed by atoms with Crippen LogP contribution >= 0.6 is 24.0 Å². The fourth-order valence-electron chi connectivity index (χ4n) is 2.73. The van der Waals surface area contributed by atoms with Crippen LogP contribution in [0.5, 0.6) is 5.75 Å². The lowest BCUT2D eigenvalue weighted by atomic mass is 9.95. The summed E-state index contributed by atoms with van der Waals surface area (Å²) in [6.07, 6.45) is 2.34. The molecule has 0 aliphatic carbocycles. The fraction of sp³-hybridized carbons (Fsp3) is 0.294. The second-order valence-electron chi connectivity index (χ2n) is 5.11. The first-order valence-electron chi connectivity index (χ1n) is 6.97. The molecule has 0 fully saturated rings. The number of para-hydroxylation sites is 1. The third-order valence-electron chi connectivity index (χ3n) is 3.71. The van der Waals surface area contributed by atoms with Gasteiger partial charge in [0.15, 0.2) is 0 Å². The smallest absolute Gasteiger partial charge is 0.130 e. The van der Waals surface area contributed by atoms with Gasteiger partial charge in [-0.2, -0.15) is 0 Å². The summed E-state index contributed by atoms with van der Waals surface area (Å²) in [4.78, 5) is 0. The SMILES string of the molecule is CNC[C@H]1CCc2cccc(-c3ccccc3Cl)c2O1.Cl. The Labute approximate surface area is 136 Å². The van der Waals surface area contributed by atoms with Crippen molar-refractivity contribution in [1.29, 1.82) is 0 Å². The topological polar surface area (TPSA) is 21.3 Å². The number of ether oxygens (including phenoxy) is 1. The van der Waals surface area contributed by atoms with Crippen LogP contribution in [0.15, 0.2) is 42.5 Å². The third-order valence-corrected chi connectivity index (χ3v) is 4.04. The lowest BCUT2D eigenvalue weighted by molar-refractivity contribution is 0.174. The fourth-order valence-corrected chi connectivity index (χ4v) is 2.96. The van der Waals surface area contributed by atoms with Crippen molar-refractivity contribution in [3.8, 4) is 16.9 Å². The molecule has 0 bridgehead atoms. The Kier molecular flexibility index (Phi) is 5.51. The molecule has 3 rings (SSSR count). The highest BCUT2D eigenvalue weighted by Crippen LogP contribution is 2.40. The van der Waals surface area contributed by atoms with Gasteiger partial charge in [-0.3, -0.25) is 0 Å². The molecule has 1 N–H and O–H groups in total. The van der Waals surface area contributed by atoms with Crippen LogP contribution in [0.1, 0.15) is 12.0 Å². The highest BCUT2D eigenvalue weighted by molar-refractivity contribution is 6.33. The molecule has 0 saturated carbocycles. The molecule has 1 heterocycles. The van der Waals surface area contributed by atoms with Crippen molar-refractivity contribution in [2.45, 2.75) is 18.9 Å². The Morgan fingerprint density at radius 1 is 1.14 bits per heavy atom. The van der Waals surface area contributed by atoms with Crippen molar-refractivity contribution in [2.24, 2.45) is 0 Å². The summed E-state index contributed by atoms with van der Waals surface area (Å²) >= 11 is 6.33. The number of likely N-dealkylation sites (N-methyl/N-ethyl adjacent to an activating group) is 1. The zero-order chi connectivity index (χ0) is 13.9. The van der Waals surface area contributed by atoms with Crippen LogP contribution < -0.4 is 10.1 Å². The van der Waals surface area contributed by atoms with E-state index in [-0.39, 0.29) is 18.5 Å². The van der Waals surface area contributed by atoms with Gasteiger partial charge in [0.2, 0.25) is 0 Å². The molecule has 1 atom stereocenters. The number of nitrogens with one attached hydrogen (secondary N) is 1. The van der Waals surface area contributed by atoms with Gasteiger partial charge >= 0.3 is 0 Å². The van der Waals surface area contributed by atoms with Crippen molar-refractivity contribution in [1.82, 2.24) is 5.32 Å². The van der Waals surface area contributed by atoms with E-state index in [1.165, 1.54) is 5.56 Å². The highest BCUT2D eigenvalue weighted by atomic mass is 35.5. The first kappa shape index (κ1) is 16.2. The van der Waals surface area contributed by atoms with Gasteiger partial charge < -0.3 is 10.1 Å². The summed E-state index contributed by atoms with van der Waals surface area (Å²) < 4.78 is 6.19. The summed E-state index contributed by atoms with van der Waals surface area (Å²) in [5.74, 6) is 0.993. The third kappa shape index (κ3) is 3.34. The van der Waals surface area contributed by atoms with E-state index in [4.69, 9.17) is 16.3 Å². The Morgan fingerprint density at radius 2 is 1.90 bits per heavy atom. The largest absolute Gasteiger partial charge is 0.488 e. The number of hydrogen-bond donors (Lipinski definition) is 1. The van der Waals surface area contributed by atoms with Gasteiger partial charge in [0.1, 0.15) is 11.9 Å². The molecule has 2 aromatic rings. The quantitative estimate of drug-likeness (QED) is 0.907. The predicted octanol–water partition coefficient (Wildman–Crippen LogP) is 4.34. The minimum absolute atomic E-state index is 0. The number of aryl methyl sites for hydroxylation is 1. The Bertz CT molecular complexity index is 615. The van der Waals surface area contributed by atoms with Gasteiger partial charge in [-0.1, -0.05) is 48.0 Å². The van der Waals surface area contributed by atoms with Gasteiger partial charge in [0.25, 0.3) is 0 Å². The highest BCUT2D eigenvalue weighted by Gasteiger charge is 2.22. The average Bonchev–Trinajstić information content (AvgIpc) is 2.48. The van der Waals surface area contributed by atoms with Gasteiger partial charge in [-0.15, -0.1) is 12.4 Å². The summed E-state index contributed by atoms with van der Waals surface area (Å²) in [5, 5.41) is 3.95. The lowest BCUT2D eigenvalue weighted by Gasteiger charge is -2.28. The van der Waals surface area contributed by atoms with E-state index in [1.54, 1.807) is 0 Å². The maximum absolute atomic E-state index is 6.33. The lowest BCUT2D eigenvalue weighted by Crippen LogP contribution is -2.32. The van der Waals surface area contributed by atoms with Gasteiger partial charge in [-0.05, 0) is 31.5 Å². The van der Waals surface area contributed by atoms with E-state index in [9.17, 15) is 0 Å². The van der Waals surface area contributed by atoms with Crippen molar-refractivity contribution < 1.29 is 4.74 Å². The predicted molar refractivity (Wildman–Crippen MR) is 90.8 cm³/mol. The summed E-state index contributed by atoms with van der Waals surface area (Å²) in [5.41, 5.74) is 3.40. The molecule has 2 nitrogen and oxygen atoms in total. The van der Waals surface area contributed by atoms with Crippen LogP contribution in [-0.4, -0.2) is 19.7 Å². The van der Waals surface area contributed by atoms with E-state index >= 15 is 0 Å². The maximum atomic E-state index is 6.33. The monoisotopic (exact) mass is 323 g/mol. The van der Waals surface area contributed by atoms with Crippen molar-refractivity contribution in [2.75, 3.05) is 13.6 Å². The summed E-state index contributed by atoms with van der Waals surface area (Å²) in [6, 6.07) is 14.2. The van der Waals surface area contributed by atoms with Gasteiger partial charge in [0.05, 0.1) is 0 Å². The Morgan fingerprint density at radius 3 is 2.67 bits per heavy atom. The van der Waals surface area contributed by atoms with E-state index < -0.39 is 0 Å². The Balaban J connectivity index is 0.00000161. The standard InChI is InChI=1S/C17H18ClNO.ClH/c1-19-11-13-10-9-12-5-4-7-15(17(12)20-13)14-6-2-3-8-16(14)18;/h2-8,13,19H,9-11H2,1H3;1H/t13-;/m1./s1. The molecule has 2 aromatic carbocycles. The number of fused-ring (bicyclic) bond motifs is 1. The second kappa shape index (κ2) is 7.17.